The van der Waals surface area contributed by atoms with Crippen LogP contribution < -0.4 is 5.32 Å². The van der Waals surface area contributed by atoms with Gasteiger partial charge in [-0.2, -0.15) is 0 Å². The van der Waals surface area contributed by atoms with Crippen molar-refractivity contribution in [1.82, 2.24) is 20.1 Å². The molecule has 0 bridgehead atoms. The molecule has 1 N–H and O–H groups in total. The number of amides is 2. The number of aryl methyl sites for hydroxylation is 1. The molecule has 1 aromatic rings. The van der Waals surface area contributed by atoms with Crippen LogP contribution >= 0.6 is 0 Å². The molecule has 2 saturated heterocycles. The summed E-state index contributed by atoms with van der Waals surface area (Å²) in [5.74, 6) is 0.787. The van der Waals surface area contributed by atoms with Gasteiger partial charge in [-0.15, -0.1) is 0 Å². The first kappa shape index (κ1) is 20.8. The fourth-order valence-electron chi connectivity index (χ4n) is 4.50. The zero-order valence-electron chi connectivity index (χ0n) is 17.3. The van der Waals surface area contributed by atoms with Gasteiger partial charge < -0.3 is 10.2 Å². The summed E-state index contributed by atoms with van der Waals surface area (Å²) < 4.78 is 0. The molecule has 0 aliphatic carbocycles. The van der Waals surface area contributed by atoms with Crippen molar-refractivity contribution in [2.24, 2.45) is 5.92 Å². The summed E-state index contributed by atoms with van der Waals surface area (Å²) >= 11 is 0. The number of carbonyl (C=O) groups excluding carboxylic acids is 2. The van der Waals surface area contributed by atoms with Gasteiger partial charge in [0, 0.05) is 44.0 Å². The van der Waals surface area contributed by atoms with Crippen LogP contribution in [0, 0.1) is 12.8 Å². The molecule has 6 nitrogen and oxygen atoms in total. The van der Waals surface area contributed by atoms with Crippen molar-refractivity contribution in [3.63, 3.8) is 0 Å². The van der Waals surface area contributed by atoms with Gasteiger partial charge in [0.2, 0.25) is 5.91 Å². The molecule has 0 saturated carbocycles. The Balaban J connectivity index is 1.36. The lowest BCUT2D eigenvalue weighted by molar-refractivity contribution is -0.121. The van der Waals surface area contributed by atoms with E-state index in [9.17, 15) is 9.59 Å². The van der Waals surface area contributed by atoms with Crippen LogP contribution in [0.1, 0.15) is 61.5 Å². The highest BCUT2D eigenvalue weighted by molar-refractivity contribution is 5.95. The smallest absolute Gasteiger partial charge is 0.255 e. The van der Waals surface area contributed by atoms with E-state index in [0.717, 1.165) is 57.7 Å². The van der Waals surface area contributed by atoms with Gasteiger partial charge in [0.15, 0.2) is 0 Å². The Morgan fingerprint density at radius 1 is 1.21 bits per heavy atom. The first-order valence-electron chi connectivity index (χ1n) is 10.8. The Kier molecular flexibility index (Phi) is 7.43. The second kappa shape index (κ2) is 10.0. The zero-order valence-corrected chi connectivity index (χ0v) is 17.3. The van der Waals surface area contributed by atoms with Gasteiger partial charge in [0.1, 0.15) is 0 Å². The van der Waals surface area contributed by atoms with E-state index in [0.29, 0.717) is 23.9 Å². The molecule has 2 amide bonds. The normalized spacial score (nSPS) is 21.1. The number of likely N-dealkylation sites (N-methyl/N-ethyl adjacent to an activating group) is 1. The summed E-state index contributed by atoms with van der Waals surface area (Å²) in [5, 5.41) is 3.13. The molecule has 2 aliphatic rings. The predicted octanol–water partition coefficient (Wildman–Crippen LogP) is 2.62. The van der Waals surface area contributed by atoms with Gasteiger partial charge in [-0.25, -0.2) is 0 Å². The SMILES string of the molecule is CCN1CCC[C@@H]1CNC(=O)CCC1CCN(C(=O)c2cccnc2C)CC1. The third kappa shape index (κ3) is 5.31. The summed E-state index contributed by atoms with van der Waals surface area (Å²) in [4.78, 5) is 33.5. The number of rotatable bonds is 7. The van der Waals surface area contributed by atoms with Crippen LogP contribution in [0.4, 0.5) is 0 Å². The maximum absolute atomic E-state index is 12.7. The van der Waals surface area contributed by atoms with E-state index in [4.69, 9.17) is 0 Å². The minimum absolute atomic E-state index is 0.0823. The standard InChI is InChI=1S/C22H34N4O2/c1-3-25-13-5-6-19(25)16-24-21(27)9-8-18-10-14-26(15-11-18)22(28)20-7-4-12-23-17(20)2/h4,7,12,18-19H,3,5-6,8-11,13-16H2,1-2H3,(H,24,27)/t19-/m1/s1. The lowest BCUT2D eigenvalue weighted by atomic mass is 9.91. The molecular weight excluding hydrogens is 352 g/mol. The van der Waals surface area contributed by atoms with Crippen LogP contribution in [0.2, 0.25) is 0 Å². The third-order valence-corrected chi connectivity index (χ3v) is 6.36. The van der Waals surface area contributed by atoms with Crippen LogP contribution in [-0.2, 0) is 4.79 Å². The van der Waals surface area contributed by atoms with Crippen molar-refractivity contribution in [2.75, 3.05) is 32.7 Å². The van der Waals surface area contributed by atoms with E-state index in [2.05, 4.69) is 22.1 Å². The molecule has 2 fully saturated rings. The first-order valence-corrected chi connectivity index (χ1v) is 10.8. The molecule has 0 spiro atoms. The van der Waals surface area contributed by atoms with E-state index in [1.165, 1.54) is 12.8 Å². The number of carbonyl (C=O) groups is 2. The van der Waals surface area contributed by atoms with Crippen molar-refractivity contribution >= 4 is 11.8 Å². The van der Waals surface area contributed by atoms with Gasteiger partial charge in [-0.3, -0.25) is 19.5 Å². The summed E-state index contributed by atoms with van der Waals surface area (Å²) in [5.41, 5.74) is 1.49. The molecule has 0 unspecified atom stereocenters. The number of hydrogen-bond donors (Lipinski definition) is 1. The molecule has 6 heteroatoms. The van der Waals surface area contributed by atoms with Gasteiger partial charge >= 0.3 is 0 Å². The Bertz CT molecular complexity index is 670. The number of nitrogens with one attached hydrogen (secondary N) is 1. The molecule has 1 atom stereocenters. The van der Waals surface area contributed by atoms with Crippen LogP contribution in [-0.4, -0.2) is 65.4 Å². The highest BCUT2D eigenvalue weighted by atomic mass is 16.2. The predicted molar refractivity (Wildman–Crippen MR) is 110 cm³/mol. The second-order valence-electron chi connectivity index (χ2n) is 8.14. The lowest BCUT2D eigenvalue weighted by Gasteiger charge is -2.32. The van der Waals surface area contributed by atoms with Crippen LogP contribution in [0.3, 0.4) is 0 Å². The van der Waals surface area contributed by atoms with E-state index in [1.807, 2.05) is 24.0 Å². The largest absolute Gasteiger partial charge is 0.355 e. The molecule has 0 radical (unpaired) electrons. The highest BCUT2D eigenvalue weighted by Gasteiger charge is 2.26. The summed E-state index contributed by atoms with van der Waals surface area (Å²) in [6.07, 6.45) is 7.62. The fraction of sp³-hybridized carbons (Fsp3) is 0.682. The molecule has 2 aliphatic heterocycles. The Labute approximate surface area is 168 Å². The maximum atomic E-state index is 12.7. The number of nitrogens with zero attached hydrogens (tertiary/aromatic N) is 3. The molecule has 0 aromatic carbocycles. The van der Waals surface area contributed by atoms with Gasteiger partial charge in [0.25, 0.3) is 5.91 Å². The van der Waals surface area contributed by atoms with Crippen molar-refractivity contribution in [1.29, 1.82) is 0 Å². The number of likely N-dealkylation sites (tertiary alicyclic amines) is 2. The molecule has 154 valence electrons. The fourth-order valence-corrected chi connectivity index (χ4v) is 4.50. The molecular formula is C22H34N4O2. The van der Waals surface area contributed by atoms with Crippen molar-refractivity contribution in [2.45, 2.75) is 58.4 Å². The van der Waals surface area contributed by atoms with Crippen molar-refractivity contribution < 1.29 is 9.59 Å². The molecule has 28 heavy (non-hydrogen) atoms. The minimum atomic E-state index is 0.0823. The topological polar surface area (TPSA) is 65.5 Å². The van der Waals surface area contributed by atoms with Gasteiger partial charge in [-0.05, 0) is 70.2 Å². The Hall–Kier alpha value is -1.95. The quantitative estimate of drug-likeness (QED) is 0.782. The van der Waals surface area contributed by atoms with Crippen molar-refractivity contribution in [3.8, 4) is 0 Å². The van der Waals surface area contributed by atoms with Gasteiger partial charge in [0.05, 0.1) is 5.56 Å². The lowest BCUT2D eigenvalue weighted by Crippen LogP contribution is -2.40. The molecule has 1 aromatic heterocycles. The monoisotopic (exact) mass is 386 g/mol. The third-order valence-electron chi connectivity index (χ3n) is 6.36. The summed E-state index contributed by atoms with van der Waals surface area (Å²) in [7, 11) is 0. The first-order chi connectivity index (χ1) is 13.6. The van der Waals surface area contributed by atoms with E-state index in [1.54, 1.807) is 6.20 Å². The van der Waals surface area contributed by atoms with Crippen molar-refractivity contribution in [3.05, 3.63) is 29.6 Å². The Morgan fingerprint density at radius 3 is 2.71 bits per heavy atom. The number of aromatic nitrogens is 1. The summed E-state index contributed by atoms with van der Waals surface area (Å²) in [6.45, 7) is 8.62. The average Bonchev–Trinajstić information content (AvgIpc) is 3.18. The average molecular weight is 387 g/mol. The maximum Gasteiger partial charge on any atom is 0.255 e. The molecule has 3 heterocycles. The number of hydrogen-bond acceptors (Lipinski definition) is 4. The zero-order chi connectivity index (χ0) is 19.9. The van der Waals surface area contributed by atoms with E-state index in [-0.39, 0.29) is 11.8 Å². The Morgan fingerprint density at radius 2 is 2.00 bits per heavy atom. The van der Waals surface area contributed by atoms with Crippen LogP contribution in [0.25, 0.3) is 0 Å². The molecule has 3 rings (SSSR count). The van der Waals surface area contributed by atoms with Gasteiger partial charge in [-0.1, -0.05) is 6.92 Å². The number of pyridine rings is 1. The van der Waals surface area contributed by atoms with Crippen LogP contribution in [0.15, 0.2) is 18.3 Å². The van der Waals surface area contributed by atoms with Crippen LogP contribution in [0.5, 0.6) is 0 Å². The second-order valence-corrected chi connectivity index (χ2v) is 8.14. The van der Waals surface area contributed by atoms with E-state index < -0.39 is 0 Å². The summed E-state index contributed by atoms with van der Waals surface area (Å²) in [6, 6.07) is 4.18. The minimum Gasteiger partial charge on any atom is -0.355 e. The highest BCUT2D eigenvalue weighted by Crippen LogP contribution is 2.23. The van der Waals surface area contributed by atoms with E-state index >= 15 is 0 Å². The number of piperidine rings is 1.